The summed E-state index contributed by atoms with van der Waals surface area (Å²) in [6.07, 6.45) is 2.52. The van der Waals surface area contributed by atoms with Gasteiger partial charge < -0.3 is 49.3 Å². The average Bonchev–Trinajstić information content (AvgIpc) is 3.57. The molecule has 2 aromatic rings. The molecule has 2 spiro atoms. The van der Waals surface area contributed by atoms with Gasteiger partial charge in [-0.2, -0.15) is 0 Å². The SMILES string of the molecule is CC[C@@]12CC(C(=O)OC)=C3Nc4cc5c(cc4[C@@]34CCN(CC3OC31)[C@@H]24)[C@@H]1[C@@H](O5)C(O)[C@@]2(CC)CC(C(=O)OC)=C3Nc4c(cc(O)c(OC)c4OC)[C@@]34CCN1[C@@H]24. The number of carbonyl (C=O) groups is 2. The van der Waals surface area contributed by atoms with Crippen molar-refractivity contribution in [1.82, 2.24) is 9.80 Å². The van der Waals surface area contributed by atoms with E-state index in [1.807, 2.05) is 0 Å². The number of nitrogens with zero attached hydrogens (tertiary/aromatic N) is 2. The number of aliphatic hydroxyl groups excluding tert-OH is 1. The number of hydrogen-bond donors (Lipinski definition) is 4. The molecule has 12 rings (SSSR count). The number of aliphatic hydroxyl groups is 1. The maximum absolute atomic E-state index is 13.9. The van der Waals surface area contributed by atoms with Crippen LogP contribution in [0.4, 0.5) is 11.4 Å². The predicted molar refractivity (Wildman–Crippen MR) is 208 cm³/mol. The van der Waals surface area contributed by atoms with Crippen LogP contribution < -0.4 is 24.8 Å². The van der Waals surface area contributed by atoms with Crippen molar-refractivity contribution in [1.29, 1.82) is 0 Å². The van der Waals surface area contributed by atoms with Gasteiger partial charge in [0.15, 0.2) is 11.5 Å². The van der Waals surface area contributed by atoms with Crippen LogP contribution in [0.15, 0.2) is 40.7 Å². The van der Waals surface area contributed by atoms with Crippen molar-refractivity contribution in [2.24, 2.45) is 10.8 Å². The van der Waals surface area contributed by atoms with Crippen LogP contribution in [0.25, 0.3) is 0 Å². The third-order valence-corrected chi connectivity index (χ3v) is 16.9. The molecule has 8 heterocycles. The molecule has 8 aliphatic heterocycles. The Morgan fingerprint density at radius 1 is 0.862 bits per heavy atom. The summed E-state index contributed by atoms with van der Waals surface area (Å²) in [5, 5.41) is 31.8. The van der Waals surface area contributed by atoms with Gasteiger partial charge in [0.1, 0.15) is 18.0 Å². The summed E-state index contributed by atoms with van der Waals surface area (Å²) in [5.41, 5.74) is 5.09. The first-order chi connectivity index (χ1) is 28.0. The van der Waals surface area contributed by atoms with Crippen LogP contribution in [0.5, 0.6) is 23.0 Å². The number of hydrogen-bond acceptors (Lipinski definition) is 14. The van der Waals surface area contributed by atoms with E-state index in [0.29, 0.717) is 54.1 Å². The molecule has 3 unspecified atom stereocenters. The maximum Gasteiger partial charge on any atom is 0.335 e. The summed E-state index contributed by atoms with van der Waals surface area (Å²) in [6.45, 7) is 6.76. The van der Waals surface area contributed by atoms with Crippen molar-refractivity contribution >= 4 is 23.3 Å². The molecule has 14 nitrogen and oxygen atoms in total. The van der Waals surface area contributed by atoms with Crippen molar-refractivity contribution in [2.75, 3.05) is 58.7 Å². The van der Waals surface area contributed by atoms with Crippen LogP contribution >= 0.6 is 0 Å². The first kappa shape index (κ1) is 35.4. The Morgan fingerprint density at radius 3 is 2.22 bits per heavy atom. The summed E-state index contributed by atoms with van der Waals surface area (Å²) in [6, 6.07) is 5.72. The highest BCUT2D eigenvalue weighted by molar-refractivity contribution is 5.95. The zero-order chi connectivity index (χ0) is 40.0. The smallest absolute Gasteiger partial charge is 0.335 e. The van der Waals surface area contributed by atoms with Gasteiger partial charge in [0, 0.05) is 64.7 Å². The number of ether oxygens (including phenoxy) is 6. The quantitative estimate of drug-likeness (QED) is 0.189. The zero-order valence-electron chi connectivity index (χ0n) is 33.7. The molecule has 2 aromatic carbocycles. The third kappa shape index (κ3) is 3.66. The summed E-state index contributed by atoms with van der Waals surface area (Å²) in [7, 11) is 5.89. The first-order valence-corrected chi connectivity index (χ1v) is 20.9. The van der Waals surface area contributed by atoms with Crippen molar-refractivity contribution in [3.05, 3.63) is 57.4 Å². The van der Waals surface area contributed by atoms with Gasteiger partial charge in [0.2, 0.25) is 5.75 Å². The molecular weight excluding hydrogens is 745 g/mol. The number of epoxide rings is 1. The lowest BCUT2D eigenvalue weighted by Gasteiger charge is -2.60. The van der Waals surface area contributed by atoms with Crippen LogP contribution in [-0.2, 0) is 34.6 Å². The lowest BCUT2D eigenvalue weighted by Crippen LogP contribution is -2.69. The van der Waals surface area contributed by atoms with E-state index in [1.54, 1.807) is 13.2 Å². The first-order valence-electron chi connectivity index (χ1n) is 20.9. The largest absolute Gasteiger partial charge is 0.504 e. The Labute approximate surface area is 336 Å². The zero-order valence-corrected chi connectivity index (χ0v) is 33.7. The fraction of sp³-hybridized carbons (Fsp3) is 0.591. The van der Waals surface area contributed by atoms with Gasteiger partial charge >= 0.3 is 11.9 Å². The fourth-order valence-corrected chi connectivity index (χ4v) is 14.9. The molecule has 58 heavy (non-hydrogen) atoms. The van der Waals surface area contributed by atoms with Gasteiger partial charge in [-0.05, 0) is 68.3 Å². The molecule has 11 atom stereocenters. The highest BCUT2D eigenvalue weighted by Crippen LogP contribution is 2.73. The molecule has 0 bridgehead atoms. The Balaban J connectivity index is 1.05. The maximum atomic E-state index is 13.9. The van der Waals surface area contributed by atoms with Crippen LogP contribution in [0.1, 0.15) is 75.1 Å². The van der Waals surface area contributed by atoms with Crippen LogP contribution in [0, 0.1) is 10.8 Å². The van der Waals surface area contributed by atoms with E-state index in [-0.39, 0.29) is 59.6 Å². The summed E-state index contributed by atoms with van der Waals surface area (Å²) < 4.78 is 35.8. The number of esters is 2. The van der Waals surface area contributed by atoms with Gasteiger partial charge in [0.25, 0.3) is 0 Å². The van der Waals surface area contributed by atoms with Crippen LogP contribution in [0.2, 0.25) is 0 Å². The van der Waals surface area contributed by atoms with Gasteiger partial charge in [-0.25, -0.2) is 9.59 Å². The number of carbonyl (C=O) groups excluding carboxylic acids is 2. The second-order valence-corrected chi connectivity index (χ2v) is 18.3. The normalized spacial score (nSPS) is 40.0. The topological polar surface area (TPSA) is 164 Å². The molecule has 5 fully saturated rings. The molecule has 0 radical (unpaired) electrons. The van der Waals surface area contributed by atoms with E-state index in [1.165, 1.54) is 26.9 Å². The second-order valence-electron chi connectivity index (χ2n) is 18.3. The van der Waals surface area contributed by atoms with Crippen molar-refractivity contribution in [3.63, 3.8) is 0 Å². The lowest BCUT2D eigenvalue weighted by molar-refractivity contribution is -0.168. The standard InChI is InChI=1S/C44H50N4O10/c1-7-41-16-20(37(51)55-5)34-44(23-14-25(49)30(53-3)31(54-4)28(23)46-34)10-12-48(40(41)44)29-19-13-22-24(15-26(19)57-32(29)35(41)50)45-33-21(38(52)56-6)17-42(8-2)36-27(58-36)18-47-11-9-43(22,33)39(42)47/h13-15,27,29,32,35-36,39-40,45-46,49-50H,7-12,16-18H2,1-6H3/t27?,29-,32-,35?,36?,39+,40+,41-,42-,43+,44+/m1/s1. The molecule has 14 heteroatoms. The van der Waals surface area contributed by atoms with Crippen LogP contribution in [-0.4, -0.2) is 117 Å². The molecule has 4 N–H and O–H groups in total. The number of piperidine rings is 2. The molecule has 10 aliphatic rings. The number of methoxy groups -OCH3 is 4. The molecule has 5 saturated heterocycles. The van der Waals surface area contributed by atoms with E-state index in [2.05, 4.69) is 46.4 Å². The van der Waals surface area contributed by atoms with E-state index >= 15 is 0 Å². The summed E-state index contributed by atoms with van der Waals surface area (Å²) >= 11 is 0. The number of nitrogens with one attached hydrogen (secondary N) is 2. The van der Waals surface area contributed by atoms with E-state index < -0.39 is 34.4 Å². The monoisotopic (exact) mass is 794 g/mol. The lowest BCUT2D eigenvalue weighted by atomic mass is 9.51. The number of phenolic OH excluding ortho intramolecular Hbond substituents is 1. The molecule has 2 aliphatic carbocycles. The molecule has 0 saturated carbocycles. The van der Waals surface area contributed by atoms with Gasteiger partial charge in [0.05, 0.1) is 74.4 Å². The number of aromatic hydroxyl groups is 1. The van der Waals surface area contributed by atoms with Gasteiger partial charge in [-0.15, -0.1) is 0 Å². The summed E-state index contributed by atoms with van der Waals surface area (Å²) in [5.74, 6) is 0.458. The van der Waals surface area contributed by atoms with Crippen LogP contribution in [0.3, 0.4) is 0 Å². The second kappa shape index (κ2) is 11.2. The van der Waals surface area contributed by atoms with Gasteiger partial charge in [-0.1, -0.05) is 13.8 Å². The van der Waals surface area contributed by atoms with Crippen molar-refractivity contribution in [2.45, 2.75) is 106 Å². The number of fused-ring (bicyclic) bond motifs is 8. The average molecular weight is 795 g/mol. The van der Waals surface area contributed by atoms with E-state index in [4.69, 9.17) is 28.4 Å². The number of rotatable bonds is 6. The molecule has 0 amide bonds. The minimum absolute atomic E-state index is 0.0607. The Morgan fingerprint density at radius 2 is 1.53 bits per heavy atom. The Hall–Kier alpha value is -4.50. The van der Waals surface area contributed by atoms with Crippen molar-refractivity contribution in [3.8, 4) is 23.0 Å². The molecular formula is C44H50N4O10. The minimum Gasteiger partial charge on any atom is -0.504 e. The minimum atomic E-state index is -0.959. The molecule has 306 valence electrons. The number of anilines is 2. The third-order valence-electron chi connectivity index (χ3n) is 16.9. The van der Waals surface area contributed by atoms with Gasteiger partial charge in [-0.3, -0.25) is 9.80 Å². The predicted octanol–water partition coefficient (Wildman–Crippen LogP) is 4.00. The highest BCUT2D eigenvalue weighted by Gasteiger charge is 2.76. The number of benzene rings is 2. The summed E-state index contributed by atoms with van der Waals surface area (Å²) in [4.78, 5) is 32.8. The Kier molecular flexibility index (Phi) is 6.84. The van der Waals surface area contributed by atoms with E-state index in [0.717, 1.165) is 54.1 Å². The fourth-order valence-electron chi connectivity index (χ4n) is 14.9. The van der Waals surface area contributed by atoms with E-state index in [9.17, 15) is 19.8 Å². The molecule has 0 aromatic heterocycles. The number of phenols is 1. The van der Waals surface area contributed by atoms with Crippen molar-refractivity contribution < 1.29 is 48.2 Å². The highest BCUT2D eigenvalue weighted by atomic mass is 16.6. The Bertz CT molecular complexity index is 2350.